The first-order valence-electron chi connectivity index (χ1n) is 8.69. The van der Waals surface area contributed by atoms with Crippen molar-refractivity contribution in [2.45, 2.75) is 63.8 Å². The van der Waals surface area contributed by atoms with Gasteiger partial charge in [-0.2, -0.15) is 0 Å². The quantitative estimate of drug-likeness (QED) is 0.844. The summed E-state index contributed by atoms with van der Waals surface area (Å²) in [7, 11) is 0. The van der Waals surface area contributed by atoms with Crippen molar-refractivity contribution in [1.29, 1.82) is 0 Å². The maximum atomic E-state index is 6.00. The molecule has 5 fully saturated rings. The normalized spacial score (nSPS) is 49.1. The first-order valence-corrected chi connectivity index (χ1v) is 8.69. The zero-order valence-corrected chi connectivity index (χ0v) is 12.3. The van der Waals surface area contributed by atoms with E-state index in [2.05, 4.69) is 4.90 Å². The first-order chi connectivity index (χ1) is 9.21. The topological polar surface area (TPSA) is 29.3 Å². The van der Waals surface area contributed by atoms with E-state index in [9.17, 15) is 0 Å². The standard InChI is InChI=1S/C17H30N2/c18-16-2-5-19(12-16)4-1-3-17-9-13-6-14(10-17)8-15(7-13)11-17/h13-16H,1-12,18H2. The molecule has 5 rings (SSSR count). The second kappa shape index (κ2) is 4.73. The van der Waals surface area contributed by atoms with Gasteiger partial charge in [-0.25, -0.2) is 0 Å². The van der Waals surface area contributed by atoms with Gasteiger partial charge in [-0.1, -0.05) is 0 Å². The van der Waals surface area contributed by atoms with Crippen molar-refractivity contribution >= 4 is 0 Å². The van der Waals surface area contributed by atoms with Gasteiger partial charge < -0.3 is 10.6 Å². The highest BCUT2D eigenvalue weighted by Crippen LogP contribution is 2.61. The lowest BCUT2D eigenvalue weighted by atomic mass is 9.48. The van der Waals surface area contributed by atoms with Crippen LogP contribution in [-0.4, -0.2) is 30.6 Å². The Morgan fingerprint density at radius 3 is 2.16 bits per heavy atom. The third-order valence-corrected chi connectivity index (χ3v) is 6.66. The Hall–Kier alpha value is -0.0800. The molecule has 0 radical (unpaired) electrons. The Morgan fingerprint density at radius 2 is 1.63 bits per heavy atom. The molecule has 5 aliphatic rings. The molecule has 108 valence electrons. The second-order valence-corrected chi connectivity index (χ2v) is 8.37. The fourth-order valence-corrected chi connectivity index (χ4v) is 6.34. The van der Waals surface area contributed by atoms with Gasteiger partial charge in [-0.05, 0) is 94.0 Å². The minimum atomic E-state index is 0.458. The summed E-state index contributed by atoms with van der Waals surface area (Å²) in [6.07, 6.45) is 13.7. The number of hydrogen-bond acceptors (Lipinski definition) is 2. The van der Waals surface area contributed by atoms with Gasteiger partial charge in [0.2, 0.25) is 0 Å². The van der Waals surface area contributed by atoms with Crippen LogP contribution in [0, 0.1) is 23.2 Å². The van der Waals surface area contributed by atoms with Crippen LogP contribution in [0.1, 0.15) is 57.8 Å². The monoisotopic (exact) mass is 262 g/mol. The summed E-state index contributed by atoms with van der Waals surface area (Å²) in [4.78, 5) is 2.60. The van der Waals surface area contributed by atoms with Crippen molar-refractivity contribution in [1.82, 2.24) is 4.90 Å². The van der Waals surface area contributed by atoms with Gasteiger partial charge in [-0.15, -0.1) is 0 Å². The van der Waals surface area contributed by atoms with E-state index >= 15 is 0 Å². The summed E-state index contributed by atoms with van der Waals surface area (Å²) in [6.45, 7) is 3.72. The smallest absolute Gasteiger partial charge is 0.0180 e. The number of likely N-dealkylation sites (tertiary alicyclic amines) is 1. The molecule has 1 heterocycles. The van der Waals surface area contributed by atoms with Gasteiger partial charge in [0.25, 0.3) is 0 Å². The predicted molar refractivity (Wildman–Crippen MR) is 78.9 cm³/mol. The molecule has 1 unspecified atom stereocenters. The largest absolute Gasteiger partial charge is 0.326 e. The maximum Gasteiger partial charge on any atom is 0.0180 e. The van der Waals surface area contributed by atoms with Gasteiger partial charge in [0.15, 0.2) is 0 Å². The van der Waals surface area contributed by atoms with Crippen molar-refractivity contribution in [2.75, 3.05) is 19.6 Å². The van der Waals surface area contributed by atoms with E-state index in [1.54, 1.807) is 38.5 Å². The lowest BCUT2D eigenvalue weighted by Crippen LogP contribution is -2.46. The fourth-order valence-electron chi connectivity index (χ4n) is 6.34. The molecule has 0 spiro atoms. The number of nitrogens with two attached hydrogens (primary N) is 1. The van der Waals surface area contributed by atoms with Gasteiger partial charge in [0.1, 0.15) is 0 Å². The molecule has 1 aliphatic heterocycles. The third-order valence-electron chi connectivity index (χ3n) is 6.66. The fraction of sp³-hybridized carbons (Fsp3) is 1.00. The number of hydrogen-bond donors (Lipinski definition) is 1. The SMILES string of the molecule is NC1CCN(CCCC23CC4CC(CC(C4)C2)C3)C1. The van der Waals surface area contributed by atoms with Crippen LogP contribution in [0.4, 0.5) is 0 Å². The molecule has 2 N–H and O–H groups in total. The van der Waals surface area contributed by atoms with Crippen LogP contribution < -0.4 is 5.73 Å². The van der Waals surface area contributed by atoms with E-state index in [0.717, 1.165) is 29.7 Å². The highest BCUT2D eigenvalue weighted by molar-refractivity contribution is 5.01. The molecule has 19 heavy (non-hydrogen) atoms. The minimum Gasteiger partial charge on any atom is -0.326 e. The van der Waals surface area contributed by atoms with E-state index in [1.165, 1.54) is 32.4 Å². The molecular weight excluding hydrogens is 232 g/mol. The van der Waals surface area contributed by atoms with Crippen molar-refractivity contribution in [3.63, 3.8) is 0 Å². The third kappa shape index (κ3) is 2.47. The molecular formula is C17H30N2. The van der Waals surface area contributed by atoms with Gasteiger partial charge in [-0.3, -0.25) is 0 Å². The predicted octanol–water partition coefficient (Wildman–Crippen LogP) is 3.02. The molecule has 1 atom stereocenters. The Labute approximate surface area is 118 Å². The molecule has 4 aliphatic carbocycles. The highest BCUT2D eigenvalue weighted by atomic mass is 15.2. The summed E-state index contributed by atoms with van der Waals surface area (Å²) in [5, 5.41) is 0. The summed E-state index contributed by atoms with van der Waals surface area (Å²) >= 11 is 0. The molecule has 4 bridgehead atoms. The molecule has 1 saturated heterocycles. The molecule has 4 saturated carbocycles. The lowest BCUT2D eigenvalue weighted by Gasteiger charge is -2.57. The van der Waals surface area contributed by atoms with Gasteiger partial charge in [0, 0.05) is 12.6 Å². The molecule has 0 aromatic rings. The molecule has 0 aromatic carbocycles. The van der Waals surface area contributed by atoms with Crippen molar-refractivity contribution < 1.29 is 0 Å². The molecule has 0 aromatic heterocycles. The van der Waals surface area contributed by atoms with Crippen LogP contribution in [-0.2, 0) is 0 Å². The first kappa shape index (κ1) is 12.6. The summed E-state index contributed by atoms with van der Waals surface area (Å²) in [5.74, 6) is 3.35. The highest BCUT2D eigenvalue weighted by Gasteiger charge is 2.50. The summed E-state index contributed by atoms with van der Waals surface area (Å²) in [5.41, 5.74) is 6.79. The van der Waals surface area contributed by atoms with Crippen LogP contribution in [0.25, 0.3) is 0 Å². The van der Waals surface area contributed by atoms with E-state index in [0.29, 0.717) is 6.04 Å². The van der Waals surface area contributed by atoms with E-state index in [1.807, 2.05) is 0 Å². The average Bonchev–Trinajstić information content (AvgIpc) is 2.73. The van der Waals surface area contributed by atoms with Crippen molar-refractivity contribution in [2.24, 2.45) is 28.9 Å². The molecule has 2 nitrogen and oxygen atoms in total. The molecule has 0 amide bonds. The van der Waals surface area contributed by atoms with Crippen LogP contribution in [0.3, 0.4) is 0 Å². The van der Waals surface area contributed by atoms with Gasteiger partial charge in [0.05, 0.1) is 0 Å². The van der Waals surface area contributed by atoms with E-state index in [-0.39, 0.29) is 0 Å². The summed E-state index contributed by atoms with van der Waals surface area (Å²) < 4.78 is 0. The van der Waals surface area contributed by atoms with E-state index in [4.69, 9.17) is 5.73 Å². The van der Waals surface area contributed by atoms with Crippen molar-refractivity contribution in [3.8, 4) is 0 Å². The van der Waals surface area contributed by atoms with Crippen LogP contribution in [0.2, 0.25) is 0 Å². The Morgan fingerprint density at radius 1 is 1.00 bits per heavy atom. The Bertz CT molecular complexity index is 303. The number of nitrogens with zero attached hydrogens (tertiary/aromatic N) is 1. The molecule has 2 heteroatoms. The van der Waals surface area contributed by atoms with Crippen LogP contribution in [0.5, 0.6) is 0 Å². The van der Waals surface area contributed by atoms with Crippen molar-refractivity contribution in [3.05, 3.63) is 0 Å². The zero-order chi connectivity index (χ0) is 12.9. The average molecular weight is 262 g/mol. The summed E-state index contributed by atoms with van der Waals surface area (Å²) in [6, 6.07) is 0.458. The Balaban J connectivity index is 1.30. The maximum absolute atomic E-state index is 6.00. The minimum absolute atomic E-state index is 0.458. The lowest BCUT2D eigenvalue weighted by molar-refractivity contribution is -0.0588. The second-order valence-electron chi connectivity index (χ2n) is 8.37. The van der Waals surface area contributed by atoms with Crippen LogP contribution in [0.15, 0.2) is 0 Å². The zero-order valence-electron chi connectivity index (χ0n) is 12.3. The number of rotatable bonds is 4. The van der Waals surface area contributed by atoms with E-state index < -0.39 is 0 Å². The Kier molecular flexibility index (Phi) is 3.15. The van der Waals surface area contributed by atoms with Gasteiger partial charge >= 0.3 is 0 Å². The van der Waals surface area contributed by atoms with Crippen LogP contribution >= 0.6 is 0 Å².